The minimum absolute atomic E-state index is 0.352. The van der Waals surface area contributed by atoms with Crippen molar-refractivity contribution in [3.63, 3.8) is 0 Å². The van der Waals surface area contributed by atoms with Crippen LogP contribution in [0.1, 0.15) is 50.4 Å². The topological polar surface area (TPSA) is 72.2 Å². The van der Waals surface area contributed by atoms with Crippen LogP contribution in [0.2, 0.25) is 0 Å². The van der Waals surface area contributed by atoms with Crippen LogP contribution in [0.3, 0.4) is 0 Å². The lowest BCUT2D eigenvalue weighted by molar-refractivity contribution is -0.139. The molecule has 0 fully saturated rings. The molecular formula is C18H22N2O3. The number of ketones is 1. The van der Waals surface area contributed by atoms with Gasteiger partial charge in [-0.05, 0) is 49.4 Å². The number of aryl methyl sites for hydroxylation is 3. The Labute approximate surface area is 135 Å². The number of carbonyl (C=O) groups is 1. The first-order valence-electron chi connectivity index (χ1n) is 7.97. The first-order chi connectivity index (χ1) is 10.7. The standard InChI is InChI=1S/C18H22N2O3/c1-10-19-14-9-12-7-5-6-11(12)8-13(14)16(22)20(10)17(23)15(21)18(2,3)4/h8-9,17,23H,5-7H2,1-4H3. The van der Waals surface area contributed by atoms with Gasteiger partial charge < -0.3 is 5.11 Å². The fourth-order valence-corrected chi connectivity index (χ4v) is 3.17. The van der Waals surface area contributed by atoms with Gasteiger partial charge in [-0.15, -0.1) is 0 Å². The Morgan fingerprint density at radius 1 is 1.26 bits per heavy atom. The van der Waals surface area contributed by atoms with Crippen LogP contribution in [-0.2, 0) is 17.6 Å². The molecule has 3 rings (SSSR count). The maximum absolute atomic E-state index is 12.8. The van der Waals surface area contributed by atoms with E-state index in [0.717, 1.165) is 23.8 Å². The average molecular weight is 314 g/mol. The number of aromatic nitrogens is 2. The van der Waals surface area contributed by atoms with Gasteiger partial charge in [0.2, 0.25) is 0 Å². The molecule has 1 N–H and O–H groups in total. The van der Waals surface area contributed by atoms with E-state index in [4.69, 9.17) is 0 Å². The van der Waals surface area contributed by atoms with E-state index >= 15 is 0 Å². The number of aliphatic hydroxyl groups excluding tert-OH is 1. The number of carbonyl (C=O) groups excluding carboxylic acids is 1. The summed E-state index contributed by atoms with van der Waals surface area (Å²) in [4.78, 5) is 29.6. The minimum atomic E-state index is -1.51. The van der Waals surface area contributed by atoms with Gasteiger partial charge in [-0.1, -0.05) is 20.8 Å². The Morgan fingerprint density at radius 2 is 1.87 bits per heavy atom. The number of hydrogen-bond donors (Lipinski definition) is 1. The smallest absolute Gasteiger partial charge is 0.263 e. The molecule has 122 valence electrons. The van der Waals surface area contributed by atoms with Crippen LogP contribution in [0, 0.1) is 12.3 Å². The monoisotopic (exact) mass is 314 g/mol. The Hall–Kier alpha value is -2.01. The highest BCUT2D eigenvalue weighted by Gasteiger charge is 2.31. The van der Waals surface area contributed by atoms with E-state index in [9.17, 15) is 14.7 Å². The van der Waals surface area contributed by atoms with E-state index in [1.54, 1.807) is 27.7 Å². The molecule has 5 nitrogen and oxygen atoms in total. The van der Waals surface area contributed by atoms with E-state index in [-0.39, 0.29) is 5.56 Å². The van der Waals surface area contributed by atoms with Crippen LogP contribution in [-0.4, -0.2) is 20.4 Å². The number of benzene rings is 1. The van der Waals surface area contributed by atoms with E-state index in [2.05, 4.69) is 4.98 Å². The first-order valence-corrected chi connectivity index (χ1v) is 7.97. The van der Waals surface area contributed by atoms with Crippen LogP contribution >= 0.6 is 0 Å². The molecule has 0 saturated heterocycles. The third-order valence-corrected chi connectivity index (χ3v) is 4.51. The molecule has 23 heavy (non-hydrogen) atoms. The van der Waals surface area contributed by atoms with Gasteiger partial charge in [-0.2, -0.15) is 0 Å². The number of aliphatic hydroxyl groups is 1. The number of rotatable bonds is 2. The average Bonchev–Trinajstić information content (AvgIpc) is 2.90. The Morgan fingerprint density at radius 3 is 2.48 bits per heavy atom. The third kappa shape index (κ3) is 2.59. The van der Waals surface area contributed by atoms with Crippen LogP contribution < -0.4 is 5.56 Å². The second-order valence-electron chi connectivity index (χ2n) is 7.31. The van der Waals surface area contributed by atoms with Gasteiger partial charge in [-0.25, -0.2) is 4.98 Å². The highest BCUT2D eigenvalue weighted by atomic mass is 16.3. The highest BCUT2D eigenvalue weighted by molar-refractivity contribution is 5.87. The van der Waals surface area contributed by atoms with E-state index in [0.29, 0.717) is 16.7 Å². The molecule has 1 unspecified atom stereocenters. The fourth-order valence-electron chi connectivity index (χ4n) is 3.17. The second-order valence-corrected chi connectivity index (χ2v) is 7.31. The van der Waals surface area contributed by atoms with Crippen molar-refractivity contribution < 1.29 is 9.90 Å². The summed E-state index contributed by atoms with van der Waals surface area (Å²) in [6, 6.07) is 3.84. The van der Waals surface area contributed by atoms with Gasteiger partial charge in [0.15, 0.2) is 12.0 Å². The molecule has 1 heterocycles. The second kappa shape index (κ2) is 5.27. The lowest BCUT2D eigenvalue weighted by atomic mass is 9.89. The predicted molar refractivity (Wildman–Crippen MR) is 88.5 cm³/mol. The summed E-state index contributed by atoms with van der Waals surface area (Å²) in [6.07, 6.45) is 1.55. The summed E-state index contributed by atoms with van der Waals surface area (Å²) in [5, 5.41) is 10.9. The molecule has 0 bridgehead atoms. The van der Waals surface area contributed by atoms with Crippen LogP contribution in [0.15, 0.2) is 16.9 Å². The summed E-state index contributed by atoms with van der Waals surface area (Å²) in [7, 11) is 0. The molecule has 0 aliphatic heterocycles. The Balaban J connectivity index is 2.21. The highest BCUT2D eigenvalue weighted by Crippen LogP contribution is 2.26. The van der Waals surface area contributed by atoms with Gasteiger partial charge in [-0.3, -0.25) is 14.2 Å². The fraction of sp³-hybridized carbons (Fsp3) is 0.500. The van der Waals surface area contributed by atoms with Crippen molar-refractivity contribution in [3.05, 3.63) is 39.4 Å². The summed E-state index contributed by atoms with van der Waals surface area (Å²) in [6.45, 7) is 6.81. The lowest BCUT2D eigenvalue weighted by Gasteiger charge is -2.23. The summed E-state index contributed by atoms with van der Waals surface area (Å²) in [5.41, 5.74) is 1.96. The number of hydrogen-bond acceptors (Lipinski definition) is 4. The molecule has 0 radical (unpaired) electrons. The number of Topliss-reactive ketones (excluding diaryl/α,β-unsaturated/α-hetero) is 1. The zero-order valence-electron chi connectivity index (χ0n) is 14.0. The molecule has 0 amide bonds. The lowest BCUT2D eigenvalue weighted by Crippen LogP contribution is -2.37. The predicted octanol–water partition coefficient (Wildman–Crippen LogP) is 2.30. The summed E-state index contributed by atoms with van der Waals surface area (Å²) >= 11 is 0. The van der Waals surface area contributed by atoms with E-state index < -0.39 is 17.4 Å². The summed E-state index contributed by atoms with van der Waals surface area (Å²) < 4.78 is 1.11. The molecule has 2 aromatic rings. The largest absolute Gasteiger partial charge is 0.366 e. The van der Waals surface area contributed by atoms with Gasteiger partial charge in [0.25, 0.3) is 5.56 Å². The zero-order valence-corrected chi connectivity index (χ0v) is 14.0. The van der Waals surface area contributed by atoms with Crippen molar-refractivity contribution in [2.24, 2.45) is 5.41 Å². The quantitative estimate of drug-likeness (QED) is 0.923. The van der Waals surface area contributed by atoms with Gasteiger partial charge in [0.1, 0.15) is 5.82 Å². The summed E-state index contributed by atoms with van der Waals surface area (Å²) in [5.74, 6) is -0.0458. The molecule has 1 atom stereocenters. The van der Waals surface area contributed by atoms with E-state index in [1.165, 1.54) is 11.1 Å². The molecule has 0 saturated carbocycles. The maximum atomic E-state index is 12.8. The number of nitrogens with zero attached hydrogens (tertiary/aromatic N) is 2. The molecule has 5 heteroatoms. The van der Waals surface area contributed by atoms with Crippen LogP contribution in [0.25, 0.3) is 10.9 Å². The SMILES string of the molecule is Cc1nc2cc3c(cc2c(=O)n1C(O)C(=O)C(C)(C)C)CCC3. The Kier molecular flexibility index (Phi) is 3.64. The van der Waals surface area contributed by atoms with Crippen molar-refractivity contribution in [2.45, 2.75) is 53.2 Å². The van der Waals surface area contributed by atoms with Gasteiger partial charge in [0.05, 0.1) is 10.9 Å². The minimum Gasteiger partial charge on any atom is -0.366 e. The number of fused-ring (bicyclic) bond motifs is 2. The Bertz CT molecular complexity index is 859. The van der Waals surface area contributed by atoms with Crippen molar-refractivity contribution in [2.75, 3.05) is 0 Å². The maximum Gasteiger partial charge on any atom is 0.263 e. The molecular weight excluding hydrogens is 292 g/mol. The zero-order chi connectivity index (χ0) is 16.9. The molecule has 1 aromatic heterocycles. The first kappa shape index (κ1) is 15.9. The van der Waals surface area contributed by atoms with Crippen molar-refractivity contribution in [1.29, 1.82) is 0 Å². The van der Waals surface area contributed by atoms with Crippen LogP contribution in [0.5, 0.6) is 0 Å². The van der Waals surface area contributed by atoms with Crippen molar-refractivity contribution >= 4 is 16.7 Å². The van der Waals surface area contributed by atoms with E-state index in [1.807, 2.05) is 12.1 Å². The van der Waals surface area contributed by atoms with Crippen LogP contribution in [0.4, 0.5) is 0 Å². The molecule has 1 aliphatic rings. The molecule has 0 spiro atoms. The molecule has 1 aromatic carbocycles. The third-order valence-electron chi connectivity index (χ3n) is 4.51. The van der Waals surface area contributed by atoms with Crippen molar-refractivity contribution in [1.82, 2.24) is 9.55 Å². The normalized spacial score (nSPS) is 15.7. The molecule has 1 aliphatic carbocycles. The van der Waals surface area contributed by atoms with Gasteiger partial charge in [0, 0.05) is 5.41 Å². The van der Waals surface area contributed by atoms with Crippen molar-refractivity contribution in [3.8, 4) is 0 Å². The van der Waals surface area contributed by atoms with Gasteiger partial charge >= 0.3 is 0 Å².